The van der Waals surface area contributed by atoms with Crippen molar-refractivity contribution in [1.29, 1.82) is 0 Å². The first kappa shape index (κ1) is 20.3. The largest absolute Gasteiger partial charge is 0.496 e. The number of methoxy groups -OCH3 is 1. The molecule has 0 fully saturated rings. The summed E-state index contributed by atoms with van der Waals surface area (Å²) < 4.78 is 11.0. The first-order valence-corrected chi connectivity index (χ1v) is 8.56. The topological polar surface area (TPSA) is 87.1 Å². The summed E-state index contributed by atoms with van der Waals surface area (Å²) in [5.41, 5.74) is 8.96. The summed E-state index contributed by atoms with van der Waals surface area (Å²) in [6, 6.07) is 3.75. The van der Waals surface area contributed by atoms with Gasteiger partial charge in [0.1, 0.15) is 11.6 Å². The Morgan fingerprint density at radius 1 is 1.23 bits per heavy atom. The molecule has 0 aliphatic rings. The lowest BCUT2D eigenvalue weighted by molar-refractivity contribution is 0.415. The van der Waals surface area contributed by atoms with Crippen LogP contribution in [-0.2, 0) is 6.42 Å². The minimum Gasteiger partial charge on any atom is -0.496 e. The maximum Gasteiger partial charge on any atom is 0.181 e. The highest BCUT2D eigenvalue weighted by Crippen LogP contribution is 2.35. The number of fused-ring (bicyclic) bond motifs is 1. The lowest BCUT2D eigenvalue weighted by atomic mass is 10.0. The van der Waals surface area contributed by atoms with Crippen LogP contribution in [0.15, 0.2) is 29.1 Å². The number of halogens is 1. The minimum absolute atomic E-state index is 0. The van der Waals surface area contributed by atoms with Crippen molar-refractivity contribution in [1.82, 2.24) is 15.0 Å². The molecule has 0 bridgehead atoms. The number of nitrogens with two attached hydrogens (primary N) is 1. The Morgan fingerprint density at radius 3 is 2.58 bits per heavy atom. The SMILES string of the molecule is Br.CCc1nc(C(N)CC(C)C)nc2cc(OC)c(-c3cnco3)cc12. The summed E-state index contributed by atoms with van der Waals surface area (Å²) in [5.74, 6) is 2.52. The van der Waals surface area contributed by atoms with E-state index in [1.54, 1.807) is 13.3 Å². The number of ether oxygens (including phenoxy) is 1. The molecule has 3 rings (SSSR count). The highest BCUT2D eigenvalue weighted by atomic mass is 79.9. The van der Waals surface area contributed by atoms with Crippen molar-refractivity contribution >= 4 is 27.9 Å². The van der Waals surface area contributed by atoms with Crippen LogP contribution >= 0.6 is 17.0 Å². The van der Waals surface area contributed by atoms with E-state index >= 15 is 0 Å². The Morgan fingerprint density at radius 2 is 2.00 bits per heavy atom. The molecule has 0 saturated heterocycles. The molecular weight excluding hydrogens is 396 g/mol. The predicted molar refractivity (Wildman–Crippen MR) is 108 cm³/mol. The van der Waals surface area contributed by atoms with Crippen LogP contribution < -0.4 is 10.5 Å². The summed E-state index contributed by atoms with van der Waals surface area (Å²) in [4.78, 5) is 13.4. The Balaban J connectivity index is 0.00000243. The summed E-state index contributed by atoms with van der Waals surface area (Å²) in [5, 5.41) is 0.982. The third kappa shape index (κ3) is 4.04. The molecule has 0 saturated carbocycles. The van der Waals surface area contributed by atoms with Gasteiger partial charge < -0.3 is 14.9 Å². The zero-order valence-electron chi connectivity index (χ0n) is 15.5. The van der Waals surface area contributed by atoms with Gasteiger partial charge in [-0.25, -0.2) is 15.0 Å². The summed E-state index contributed by atoms with van der Waals surface area (Å²) in [6.07, 6.45) is 4.72. The standard InChI is InChI=1S/C19H24N4O2.BrH/c1-5-15-12-7-13(18-9-21-10-25-18)17(24-4)8-16(12)23-19(22-15)14(20)6-11(2)3;/h7-11,14H,5-6,20H2,1-4H3;1H. The highest BCUT2D eigenvalue weighted by Gasteiger charge is 2.18. The molecule has 1 unspecified atom stereocenters. The number of aryl methyl sites for hydroxylation is 1. The van der Waals surface area contributed by atoms with E-state index in [0.717, 1.165) is 35.0 Å². The fraction of sp³-hybridized carbons (Fsp3) is 0.421. The van der Waals surface area contributed by atoms with Crippen LogP contribution in [0.5, 0.6) is 5.75 Å². The van der Waals surface area contributed by atoms with Gasteiger partial charge in [0.05, 0.1) is 36.1 Å². The van der Waals surface area contributed by atoms with Crippen LogP contribution in [-0.4, -0.2) is 22.1 Å². The fourth-order valence-electron chi connectivity index (χ4n) is 3.00. The molecule has 26 heavy (non-hydrogen) atoms. The number of nitrogens with zero attached hydrogens (tertiary/aromatic N) is 3. The van der Waals surface area contributed by atoms with Gasteiger partial charge >= 0.3 is 0 Å². The maximum atomic E-state index is 6.31. The highest BCUT2D eigenvalue weighted by molar-refractivity contribution is 8.93. The number of aromatic nitrogens is 3. The van der Waals surface area contributed by atoms with Gasteiger partial charge in [0, 0.05) is 11.5 Å². The first-order chi connectivity index (χ1) is 12.0. The molecular formula is C19H25BrN4O2. The summed E-state index contributed by atoms with van der Waals surface area (Å²) in [7, 11) is 1.63. The Labute approximate surface area is 164 Å². The quantitative estimate of drug-likeness (QED) is 0.632. The normalized spacial score (nSPS) is 12.2. The molecule has 2 heterocycles. The molecule has 0 aliphatic heterocycles. The summed E-state index contributed by atoms with van der Waals surface area (Å²) >= 11 is 0. The van der Waals surface area contributed by atoms with Crippen molar-refractivity contribution in [3.05, 3.63) is 36.2 Å². The summed E-state index contributed by atoms with van der Waals surface area (Å²) in [6.45, 7) is 6.38. The maximum absolute atomic E-state index is 6.31. The second-order valence-electron chi connectivity index (χ2n) is 6.55. The van der Waals surface area contributed by atoms with E-state index in [2.05, 4.69) is 25.8 Å². The lowest BCUT2D eigenvalue weighted by Crippen LogP contribution is -2.17. The molecule has 6 nitrogen and oxygen atoms in total. The molecule has 2 aromatic heterocycles. The van der Waals surface area contributed by atoms with Crippen LogP contribution in [0.2, 0.25) is 0 Å². The van der Waals surface area contributed by atoms with E-state index in [0.29, 0.717) is 23.3 Å². The smallest absolute Gasteiger partial charge is 0.181 e. The van der Waals surface area contributed by atoms with Gasteiger partial charge in [0.25, 0.3) is 0 Å². The molecule has 2 N–H and O–H groups in total. The van der Waals surface area contributed by atoms with E-state index in [1.807, 2.05) is 12.1 Å². The average Bonchev–Trinajstić information content (AvgIpc) is 3.13. The molecule has 0 radical (unpaired) electrons. The molecule has 0 aliphatic carbocycles. The molecule has 140 valence electrons. The molecule has 1 aromatic carbocycles. The van der Waals surface area contributed by atoms with Crippen LogP contribution in [0.25, 0.3) is 22.2 Å². The van der Waals surface area contributed by atoms with Crippen LogP contribution in [0.3, 0.4) is 0 Å². The number of oxazole rings is 1. The Bertz CT molecular complexity index is 866. The van der Waals surface area contributed by atoms with Gasteiger partial charge in [-0.1, -0.05) is 20.8 Å². The molecule has 7 heteroatoms. The van der Waals surface area contributed by atoms with E-state index in [9.17, 15) is 0 Å². The Hall–Kier alpha value is -1.99. The lowest BCUT2D eigenvalue weighted by Gasteiger charge is -2.16. The van der Waals surface area contributed by atoms with E-state index in [4.69, 9.17) is 24.9 Å². The predicted octanol–water partition coefficient (Wildman–Crippen LogP) is 4.48. The number of hydrogen-bond donors (Lipinski definition) is 1. The molecule has 0 spiro atoms. The van der Waals surface area contributed by atoms with E-state index < -0.39 is 0 Å². The molecule has 0 amide bonds. The van der Waals surface area contributed by atoms with Gasteiger partial charge in [0.15, 0.2) is 12.2 Å². The minimum atomic E-state index is -0.172. The van der Waals surface area contributed by atoms with Crippen molar-refractivity contribution in [3.8, 4) is 17.1 Å². The van der Waals surface area contributed by atoms with Crippen molar-refractivity contribution in [3.63, 3.8) is 0 Å². The third-order valence-electron chi connectivity index (χ3n) is 4.20. The monoisotopic (exact) mass is 420 g/mol. The van der Waals surface area contributed by atoms with Crippen LogP contribution in [0.1, 0.15) is 44.8 Å². The first-order valence-electron chi connectivity index (χ1n) is 8.56. The Kier molecular flexibility index (Phi) is 6.72. The third-order valence-corrected chi connectivity index (χ3v) is 4.20. The van der Waals surface area contributed by atoms with Gasteiger partial charge in [-0.2, -0.15) is 0 Å². The number of benzene rings is 1. The average molecular weight is 421 g/mol. The van der Waals surface area contributed by atoms with Gasteiger partial charge in [0.2, 0.25) is 0 Å². The van der Waals surface area contributed by atoms with Gasteiger partial charge in [-0.3, -0.25) is 0 Å². The van der Waals surface area contributed by atoms with Crippen molar-refractivity contribution in [2.45, 2.75) is 39.7 Å². The second kappa shape index (κ2) is 8.60. The van der Waals surface area contributed by atoms with Crippen molar-refractivity contribution in [2.24, 2.45) is 11.7 Å². The van der Waals surface area contributed by atoms with Crippen LogP contribution in [0.4, 0.5) is 0 Å². The fourth-order valence-corrected chi connectivity index (χ4v) is 3.00. The van der Waals surface area contributed by atoms with Crippen LogP contribution in [0, 0.1) is 5.92 Å². The van der Waals surface area contributed by atoms with Crippen molar-refractivity contribution < 1.29 is 9.15 Å². The van der Waals surface area contributed by atoms with Crippen molar-refractivity contribution in [2.75, 3.05) is 7.11 Å². The number of rotatable bonds is 6. The zero-order chi connectivity index (χ0) is 18.0. The number of hydrogen-bond acceptors (Lipinski definition) is 6. The molecule has 3 aromatic rings. The van der Waals surface area contributed by atoms with E-state index in [1.165, 1.54) is 6.39 Å². The molecule has 1 atom stereocenters. The zero-order valence-corrected chi connectivity index (χ0v) is 17.2. The van der Waals surface area contributed by atoms with E-state index in [-0.39, 0.29) is 23.0 Å². The van der Waals surface area contributed by atoms with Gasteiger partial charge in [-0.05, 0) is 24.8 Å². The van der Waals surface area contributed by atoms with Gasteiger partial charge in [-0.15, -0.1) is 17.0 Å². The second-order valence-corrected chi connectivity index (χ2v) is 6.55.